The molecule has 1 unspecified atom stereocenters. The quantitative estimate of drug-likeness (QED) is 0.656. The minimum atomic E-state index is -0.729. The summed E-state index contributed by atoms with van der Waals surface area (Å²) in [7, 11) is 0. The molecule has 0 saturated carbocycles. The highest BCUT2D eigenvalue weighted by molar-refractivity contribution is 5.65. The van der Waals surface area contributed by atoms with Gasteiger partial charge in [-0.15, -0.1) is 0 Å². The Bertz CT molecular complexity index is 299. The summed E-state index contributed by atoms with van der Waals surface area (Å²) in [4.78, 5) is 0. The Balaban J connectivity index is 2.61. The molecule has 0 aliphatic rings. The van der Waals surface area contributed by atoms with Crippen LogP contribution in [0.15, 0.2) is 30.8 Å². The maximum Gasteiger partial charge on any atom is 0.0942 e. The summed E-state index contributed by atoms with van der Waals surface area (Å²) in [6.07, 6.45) is 1.01. The summed E-state index contributed by atoms with van der Waals surface area (Å²) in [5.41, 5.74) is 1.90. The van der Waals surface area contributed by atoms with Gasteiger partial charge in [-0.3, -0.25) is 0 Å². The molecule has 1 aromatic rings. The summed E-state index contributed by atoms with van der Waals surface area (Å²) < 4.78 is 0. The number of hydrogen-bond acceptors (Lipinski definition) is 3. The highest BCUT2D eigenvalue weighted by Crippen LogP contribution is 2.15. The molecule has 0 amide bonds. The van der Waals surface area contributed by atoms with Gasteiger partial charge in [0.25, 0.3) is 0 Å². The fourth-order valence-corrected chi connectivity index (χ4v) is 1.13. The summed E-state index contributed by atoms with van der Waals surface area (Å²) in [5.74, 6) is 0. The maximum atomic E-state index is 9.14. The van der Waals surface area contributed by atoms with Crippen molar-refractivity contribution in [2.75, 3.05) is 18.5 Å². The van der Waals surface area contributed by atoms with E-state index in [4.69, 9.17) is 10.2 Å². The van der Waals surface area contributed by atoms with E-state index in [-0.39, 0.29) is 6.61 Å². The predicted octanol–water partition coefficient (Wildman–Crippen LogP) is 1.09. The Morgan fingerprint density at radius 3 is 2.79 bits per heavy atom. The molecule has 1 rings (SSSR count). The molecule has 1 aromatic carbocycles. The van der Waals surface area contributed by atoms with Crippen LogP contribution in [0.1, 0.15) is 5.56 Å². The van der Waals surface area contributed by atoms with E-state index in [2.05, 4.69) is 11.9 Å². The highest BCUT2D eigenvalue weighted by Gasteiger charge is 2.02. The fourth-order valence-electron chi connectivity index (χ4n) is 1.13. The van der Waals surface area contributed by atoms with Gasteiger partial charge in [0.15, 0.2) is 0 Å². The molecule has 3 N–H and O–H groups in total. The summed E-state index contributed by atoms with van der Waals surface area (Å²) in [6.45, 7) is 3.79. The molecular weight excluding hydrogens is 178 g/mol. The van der Waals surface area contributed by atoms with E-state index in [9.17, 15) is 0 Å². The average Bonchev–Trinajstić information content (AvgIpc) is 2.26. The van der Waals surface area contributed by atoms with Gasteiger partial charge in [-0.2, -0.15) is 0 Å². The number of anilines is 1. The van der Waals surface area contributed by atoms with Crippen molar-refractivity contribution < 1.29 is 10.2 Å². The molecule has 0 heterocycles. The number of para-hydroxylation sites is 1. The number of rotatable bonds is 5. The van der Waals surface area contributed by atoms with Crippen molar-refractivity contribution in [1.29, 1.82) is 0 Å². The predicted molar refractivity (Wildman–Crippen MR) is 58.1 cm³/mol. The van der Waals surface area contributed by atoms with Crippen LogP contribution in [-0.2, 0) is 0 Å². The van der Waals surface area contributed by atoms with Crippen molar-refractivity contribution in [1.82, 2.24) is 0 Å². The van der Waals surface area contributed by atoms with E-state index >= 15 is 0 Å². The Labute approximate surface area is 83.7 Å². The van der Waals surface area contributed by atoms with Gasteiger partial charge >= 0.3 is 0 Å². The average molecular weight is 193 g/mol. The second-order valence-corrected chi connectivity index (χ2v) is 3.01. The van der Waals surface area contributed by atoms with Crippen LogP contribution in [0, 0.1) is 0 Å². The van der Waals surface area contributed by atoms with Gasteiger partial charge in [0.1, 0.15) is 0 Å². The van der Waals surface area contributed by atoms with Gasteiger partial charge in [0.2, 0.25) is 0 Å². The van der Waals surface area contributed by atoms with Gasteiger partial charge in [0.05, 0.1) is 12.7 Å². The van der Waals surface area contributed by atoms with E-state index in [1.54, 1.807) is 6.08 Å². The van der Waals surface area contributed by atoms with Crippen molar-refractivity contribution in [3.63, 3.8) is 0 Å². The van der Waals surface area contributed by atoms with Gasteiger partial charge in [-0.1, -0.05) is 30.9 Å². The van der Waals surface area contributed by atoms with Crippen molar-refractivity contribution in [2.45, 2.75) is 6.10 Å². The first-order valence-electron chi connectivity index (χ1n) is 4.52. The fraction of sp³-hybridized carbons (Fsp3) is 0.273. The minimum Gasteiger partial charge on any atom is -0.394 e. The lowest BCUT2D eigenvalue weighted by atomic mass is 10.1. The molecule has 0 spiro atoms. The molecule has 0 bridgehead atoms. The van der Waals surface area contributed by atoms with Crippen molar-refractivity contribution >= 4 is 11.8 Å². The molecular formula is C11H15NO2. The number of hydrogen-bond donors (Lipinski definition) is 3. The topological polar surface area (TPSA) is 52.5 Å². The van der Waals surface area contributed by atoms with Crippen molar-refractivity contribution in [3.05, 3.63) is 36.4 Å². The van der Waals surface area contributed by atoms with Crippen LogP contribution in [0.4, 0.5) is 5.69 Å². The lowest BCUT2D eigenvalue weighted by Crippen LogP contribution is -2.23. The molecule has 76 valence electrons. The normalized spacial score (nSPS) is 12.1. The van der Waals surface area contributed by atoms with E-state index in [0.717, 1.165) is 11.3 Å². The third kappa shape index (κ3) is 2.87. The summed E-state index contributed by atoms with van der Waals surface area (Å²) in [5, 5.41) is 20.8. The molecule has 0 aliphatic heterocycles. The van der Waals surface area contributed by atoms with Gasteiger partial charge in [0, 0.05) is 12.2 Å². The van der Waals surface area contributed by atoms with Crippen molar-refractivity contribution in [3.8, 4) is 0 Å². The molecule has 0 fully saturated rings. The standard InChI is InChI=1S/C11H15NO2/c1-2-9-5-3-4-6-11(9)12-7-10(14)8-13/h2-6,10,12-14H,1,7-8H2. The number of aliphatic hydroxyl groups is 2. The lowest BCUT2D eigenvalue weighted by Gasteiger charge is -2.12. The van der Waals surface area contributed by atoms with Crippen molar-refractivity contribution in [2.24, 2.45) is 0 Å². The smallest absolute Gasteiger partial charge is 0.0942 e. The van der Waals surface area contributed by atoms with E-state index in [1.807, 2.05) is 24.3 Å². The van der Waals surface area contributed by atoms with E-state index < -0.39 is 6.10 Å². The second kappa shape index (κ2) is 5.42. The molecule has 0 aromatic heterocycles. The van der Waals surface area contributed by atoms with Crippen LogP contribution in [0.5, 0.6) is 0 Å². The van der Waals surface area contributed by atoms with E-state index in [0.29, 0.717) is 6.54 Å². The molecule has 0 radical (unpaired) electrons. The van der Waals surface area contributed by atoms with Gasteiger partial charge in [-0.05, 0) is 11.6 Å². The number of aliphatic hydroxyl groups excluding tert-OH is 2. The first-order valence-corrected chi connectivity index (χ1v) is 4.52. The summed E-state index contributed by atoms with van der Waals surface area (Å²) in [6, 6.07) is 7.66. The Kier molecular flexibility index (Phi) is 4.16. The van der Waals surface area contributed by atoms with Crippen LogP contribution < -0.4 is 5.32 Å². The molecule has 0 aliphatic carbocycles. The molecule has 1 atom stereocenters. The molecule has 3 heteroatoms. The van der Waals surface area contributed by atoms with Crippen LogP contribution in [0.25, 0.3) is 6.08 Å². The zero-order chi connectivity index (χ0) is 10.4. The largest absolute Gasteiger partial charge is 0.394 e. The highest BCUT2D eigenvalue weighted by atomic mass is 16.3. The lowest BCUT2D eigenvalue weighted by molar-refractivity contribution is 0.105. The molecule has 3 nitrogen and oxygen atoms in total. The van der Waals surface area contributed by atoms with Crippen LogP contribution in [0.2, 0.25) is 0 Å². The van der Waals surface area contributed by atoms with Crippen LogP contribution in [0.3, 0.4) is 0 Å². The van der Waals surface area contributed by atoms with E-state index in [1.165, 1.54) is 0 Å². The first-order chi connectivity index (χ1) is 6.77. The third-order valence-corrected chi connectivity index (χ3v) is 1.92. The zero-order valence-corrected chi connectivity index (χ0v) is 7.98. The maximum absolute atomic E-state index is 9.14. The second-order valence-electron chi connectivity index (χ2n) is 3.01. The van der Waals surface area contributed by atoms with Crippen LogP contribution >= 0.6 is 0 Å². The third-order valence-electron chi connectivity index (χ3n) is 1.92. The Hall–Kier alpha value is -1.32. The molecule has 0 saturated heterocycles. The number of nitrogens with one attached hydrogen (secondary N) is 1. The Morgan fingerprint density at radius 1 is 1.43 bits per heavy atom. The minimum absolute atomic E-state index is 0.233. The zero-order valence-electron chi connectivity index (χ0n) is 7.98. The SMILES string of the molecule is C=Cc1ccccc1NCC(O)CO. The first kappa shape index (κ1) is 10.8. The van der Waals surface area contributed by atoms with Gasteiger partial charge < -0.3 is 15.5 Å². The number of benzene rings is 1. The van der Waals surface area contributed by atoms with Crippen LogP contribution in [-0.4, -0.2) is 29.5 Å². The van der Waals surface area contributed by atoms with Gasteiger partial charge in [-0.25, -0.2) is 0 Å². The molecule has 14 heavy (non-hydrogen) atoms. The Morgan fingerprint density at radius 2 is 2.14 bits per heavy atom. The summed E-state index contributed by atoms with van der Waals surface area (Å²) >= 11 is 0. The monoisotopic (exact) mass is 193 g/mol.